The Morgan fingerprint density at radius 3 is 2.84 bits per heavy atom. The lowest BCUT2D eigenvalue weighted by Crippen LogP contribution is -2.34. The molecule has 0 bridgehead atoms. The molecule has 2 amide bonds. The molecule has 2 aromatic rings. The molecular weight excluding hydrogens is 341 g/mol. The van der Waals surface area contributed by atoms with Crippen molar-refractivity contribution in [3.8, 4) is 5.88 Å². The Morgan fingerprint density at radius 1 is 1.44 bits per heavy atom. The Hall–Kier alpha value is -2.78. The maximum Gasteiger partial charge on any atom is 0.417 e. The first-order chi connectivity index (χ1) is 11.8. The maximum absolute atomic E-state index is 12.5. The lowest BCUT2D eigenvalue weighted by Gasteiger charge is -2.17. The van der Waals surface area contributed by atoms with Crippen LogP contribution in [0.4, 0.5) is 23.8 Å². The second-order valence-corrected chi connectivity index (χ2v) is 5.61. The van der Waals surface area contributed by atoms with Crippen LogP contribution in [0, 0.1) is 6.92 Å². The number of nitrogens with one attached hydrogen (secondary N) is 1. The van der Waals surface area contributed by atoms with E-state index in [1.807, 2.05) is 0 Å². The third-order valence-corrected chi connectivity index (χ3v) is 3.65. The zero-order valence-electron chi connectivity index (χ0n) is 13.2. The number of rotatable bonds is 3. The van der Waals surface area contributed by atoms with Crippen molar-refractivity contribution in [1.82, 2.24) is 15.0 Å². The number of amides is 2. The van der Waals surface area contributed by atoms with E-state index in [2.05, 4.69) is 15.5 Å². The minimum Gasteiger partial charge on any atom is -0.472 e. The number of aryl methyl sites for hydroxylation is 1. The molecule has 0 radical (unpaired) electrons. The summed E-state index contributed by atoms with van der Waals surface area (Å²) in [7, 11) is 0. The predicted molar refractivity (Wildman–Crippen MR) is 80.1 cm³/mol. The Morgan fingerprint density at radius 2 is 2.24 bits per heavy atom. The van der Waals surface area contributed by atoms with Crippen LogP contribution in [0.5, 0.6) is 5.88 Å². The van der Waals surface area contributed by atoms with Crippen LogP contribution in [0.1, 0.15) is 17.7 Å². The van der Waals surface area contributed by atoms with Crippen molar-refractivity contribution in [2.45, 2.75) is 25.6 Å². The zero-order valence-corrected chi connectivity index (χ0v) is 13.2. The second kappa shape index (κ2) is 6.61. The van der Waals surface area contributed by atoms with Crippen molar-refractivity contribution < 1.29 is 27.2 Å². The van der Waals surface area contributed by atoms with Gasteiger partial charge in [0.2, 0.25) is 5.88 Å². The summed E-state index contributed by atoms with van der Waals surface area (Å²) in [6.45, 7) is 2.46. The molecule has 1 saturated heterocycles. The zero-order chi connectivity index (χ0) is 18.0. The van der Waals surface area contributed by atoms with Gasteiger partial charge in [-0.05, 0) is 13.0 Å². The van der Waals surface area contributed by atoms with Crippen molar-refractivity contribution in [2.24, 2.45) is 0 Å². The summed E-state index contributed by atoms with van der Waals surface area (Å²) in [6.07, 6.45) is -3.50. The average molecular weight is 356 g/mol. The van der Waals surface area contributed by atoms with Gasteiger partial charge in [0.15, 0.2) is 5.82 Å². The Labute approximate surface area is 140 Å². The number of carbonyl (C=O) groups is 1. The van der Waals surface area contributed by atoms with Gasteiger partial charge in [-0.15, -0.1) is 0 Å². The van der Waals surface area contributed by atoms with E-state index < -0.39 is 11.7 Å². The third kappa shape index (κ3) is 4.20. The van der Waals surface area contributed by atoms with Crippen LogP contribution in [0.2, 0.25) is 0 Å². The molecule has 0 spiro atoms. The maximum atomic E-state index is 12.5. The Balaban J connectivity index is 1.53. The van der Waals surface area contributed by atoms with E-state index in [0.717, 1.165) is 12.3 Å². The van der Waals surface area contributed by atoms with E-state index >= 15 is 0 Å². The molecule has 2 aromatic heterocycles. The van der Waals surface area contributed by atoms with Crippen LogP contribution < -0.4 is 10.1 Å². The Bertz CT molecular complexity index is 745. The highest BCUT2D eigenvalue weighted by Crippen LogP contribution is 2.29. The van der Waals surface area contributed by atoms with Crippen LogP contribution in [-0.4, -0.2) is 40.3 Å². The van der Waals surface area contributed by atoms with E-state index in [1.54, 1.807) is 13.0 Å². The molecule has 0 aromatic carbocycles. The van der Waals surface area contributed by atoms with Gasteiger partial charge in [-0.1, -0.05) is 5.16 Å². The summed E-state index contributed by atoms with van der Waals surface area (Å²) in [6, 6.07) is 3.33. The van der Waals surface area contributed by atoms with Crippen LogP contribution in [-0.2, 0) is 6.18 Å². The van der Waals surface area contributed by atoms with E-state index in [0.29, 0.717) is 31.1 Å². The monoisotopic (exact) mass is 356 g/mol. The summed E-state index contributed by atoms with van der Waals surface area (Å²) in [5, 5.41) is 6.27. The van der Waals surface area contributed by atoms with Crippen molar-refractivity contribution in [1.29, 1.82) is 0 Å². The number of likely N-dealkylation sites (tertiary alicyclic amines) is 1. The fourth-order valence-corrected chi connectivity index (χ4v) is 2.41. The number of carbonyl (C=O) groups excluding carboxylic acids is 1. The highest BCUT2D eigenvalue weighted by molar-refractivity contribution is 5.88. The smallest absolute Gasteiger partial charge is 0.417 e. The normalized spacial score (nSPS) is 17.6. The van der Waals surface area contributed by atoms with Crippen LogP contribution in [0.15, 0.2) is 28.9 Å². The quantitative estimate of drug-likeness (QED) is 0.914. The largest absolute Gasteiger partial charge is 0.472 e. The molecule has 0 aliphatic carbocycles. The number of nitrogens with zero attached hydrogens (tertiary/aromatic N) is 3. The minimum atomic E-state index is -4.44. The van der Waals surface area contributed by atoms with E-state index in [1.165, 1.54) is 11.0 Å². The van der Waals surface area contributed by atoms with Crippen molar-refractivity contribution >= 4 is 11.8 Å². The summed E-state index contributed by atoms with van der Waals surface area (Å²) < 4.78 is 47.9. The van der Waals surface area contributed by atoms with E-state index in [4.69, 9.17) is 9.26 Å². The fourth-order valence-electron chi connectivity index (χ4n) is 2.41. The molecule has 1 atom stereocenters. The summed E-state index contributed by atoms with van der Waals surface area (Å²) >= 11 is 0. The third-order valence-electron chi connectivity index (χ3n) is 3.65. The summed E-state index contributed by atoms with van der Waals surface area (Å²) in [5.74, 6) is 0.981. The number of urea groups is 1. The second-order valence-electron chi connectivity index (χ2n) is 5.61. The number of ether oxygens (including phenoxy) is 1. The molecule has 10 heteroatoms. The Kier molecular flexibility index (Phi) is 4.51. The highest BCUT2D eigenvalue weighted by Gasteiger charge is 2.31. The SMILES string of the molecule is Cc1cc(NC(=O)N2CCC(Oc3ccc(C(F)(F)F)cn3)C2)no1. The first-order valence-corrected chi connectivity index (χ1v) is 7.50. The van der Waals surface area contributed by atoms with Crippen molar-refractivity contribution in [3.63, 3.8) is 0 Å². The molecular formula is C15H15F3N4O3. The fraction of sp³-hybridized carbons (Fsp3) is 0.400. The number of anilines is 1. The molecule has 1 N–H and O–H groups in total. The molecule has 3 heterocycles. The van der Waals surface area contributed by atoms with Gasteiger partial charge in [-0.2, -0.15) is 13.2 Å². The number of halogens is 3. The first kappa shape index (κ1) is 17.1. The lowest BCUT2D eigenvalue weighted by molar-refractivity contribution is -0.137. The molecule has 1 fully saturated rings. The van der Waals surface area contributed by atoms with Crippen LogP contribution in [0.25, 0.3) is 0 Å². The molecule has 0 saturated carbocycles. The first-order valence-electron chi connectivity index (χ1n) is 7.50. The molecule has 25 heavy (non-hydrogen) atoms. The van der Waals surface area contributed by atoms with Gasteiger partial charge < -0.3 is 14.2 Å². The standard InChI is InChI=1S/C15H15F3N4O3/c1-9-6-12(21-25-9)20-14(23)22-5-4-11(8-22)24-13-3-2-10(7-19-13)15(16,17)18/h2-3,6-7,11H,4-5,8H2,1H3,(H,20,21,23). The topological polar surface area (TPSA) is 80.5 Å². The van der Waals surface area contributed by atoms with Gasteiger partial charge in [-0.25, -0.2) is 9.78 Å². The van der Waals surface area contributed by atoms with Crippen molar-refractivity contribution in [2.75, 3.05) is 18.4 Å². The highest BCUT2D eigenvalue weighted by atomic mass is 19.4. The molecule has 3 rings (SSSR count). The number of hydrogen-bond acceptors (Lipinski definition) is 5. The molecule has 7 nitrogen and oxygen atoms in total. The van der Waals surface area contributed by atoms with Crippen LogP contribution >= 0.6 is 0 Å². The lowest BCUT2D eigenvalue weighted by atomic mass is 10.3. The van der Waals surface area contributed by atoms with E-state index in [9.17, 15) is 18.0 Å². The summed E-state index contributed by atoms with van der Waals surface area (Å²) in [4.78, 5) is 17.3. The van der Waals surface area contributed by atoms with Gasteiger partial charge in [0.1, 0.15) is 11.9 Å². The predicted octanol–water partition coefficient (Wildman–Crippen LogP) is 3.08. The van der Waals surface area contributed by atoms with Gasteiger partial charge in [0, 0.05) is 31.3 Å². The number of aromatic nitrogens is 2. The number of hydrogen-bond donors (Lipinski definition) is 1. The molecule has 134 valence electrons. The van der Waals surface area contributed by atoms with E-state index in [-0.39, 0.29) is 18.0 Å². The number of alkyl halides is 3. The minimum absolute atomic E-state index is 0.0902. The van der Waals surface area contributed by atoms with Gasteiger partial charge in [-0.3, -0.25) is 5.32 Å². The van der Waals surface area contributed by atoms with Gasteiger partial charge in [0.25, 0.3) is 0 Å². The molecule has 1 unspecified atom stereocenters. The van der Waals surface area contributed by atoms with Crippen molar-refractivity contribution in [3.05, 3.63) is 35.7 Å². The van der Waals surface area contributed by atoms with Gasteiger partial charge >= 0.3 is 12.2 Å². The van der Waals surface area contributed by atoms with Crippen LogP contribution in [0.3, 0.4) is 0 Å². The summed E-state index contributed by atoms with van der Waals surface area (Å²) in [5.41, 5.74) is -0.838. The number of pyridine rings is 1. The molecule has 1 aliphatic rings. The molecule has 1 aliphatic heterocycles. The average Bonchev–Trinajstić information content (AvgIpc) is 3.16. The van der Waals surface area contributed by atoms with Gasteiger partial charge in [0.05, 0.1) is 12.1 Å².